The number of carbonyl (C=O) groups excluding carboxylic acids is 1. The van der Waals surface area contributed by atoms with Crippen LogP contribution in [0.4, 0.5) is 13.2 Å². The van der Waals surface area contributed by atoms with E-state index in [0.717, 1.165) is 17.7 Å². The molecule has 0 radical (unpaired) electrons. The number of ether oxygens (including phenoxy) is 2. The van der Waals surface area contributed by atoms with Crippen LogP contribution in [0.5, 0.6) is 11.5 Å². The average molecular weight is 432 g/mol. The third kappa shape index (κ3) is 7.14. The van der Waals surface area contributed by atoms with E-state index >= 15 is 0 Å². The molecule has 1 amide bonds. The first kappa shape index (κ1) is 22.8. The van der Waals surface area contributed by atoms with Crippen LogP contribution >= 0.6 is 11.6 Å². The van der Waals surface area contributed by atoms with Crippen molar-refractivity contribution in [1.82, 2.24) is 5.32 Å². The molecule has 5 nitrogen and oxygen atoms in total. The fourth-order valence-corrected chi connectivity index (χ4v) is 2.48. The number of nitrogens with one attached hydrogen (secondary N) is 1. The van der Waals surface area contributed by atoms with E-state index in [1.807, 2.05) is 6.92 Å². The molecule has 29 heavy (non-hydrogen) atoms. The highest BCUT2D eigenvalue weighted by atomic mass is 35.5. The molecule has 2 aromatic rings. The van der Waals surface area contributed by atoms with E-state index in [1.165, 1.54) is 19.1 Å². The molecule has 0 saturated carbocycles. The Morgan fingerprint density at radius 2 is 1.97 bits per heavy atom. The summed E-state index contributed by atoms with van der Waals surface area (Å²) in [4.78, 5) is 12.1. The zero-order valence-electron chi connectivity index (χ0n) is 15.8. The third-order valence-corrected chi connectivity index (χ3v) is 4.19. The summed E-state index contributed by atoms with van der Waals surface area (Å²) in [5.41, 5.74) is 0.0674. The SMILES string of the molecule is Cc1ccc(Cl)c(OC(C)C(=O)NCC(O)COc2cccc(C(F)(F)F)c2)c1. The van der Waals surface area contributed by atoms with Gasteiger partial charge in [0.05, 0.1) is 10.6 Å². The van der Waals surface area contributed by atoms with Gasteiger partial charge in [0.1, 0.15) is 24.2 Å². The predicted molar refractivity (Wildman–Crippen MR) is 102 cm³/mol. The summed E-state index contributed by atoms with van der Waals surface area (Å²) < 4.78 is 48.7. The molecular formula is C20H21ClF3NO4. The number of alkyl halides is 3. The van der Waals surface area contributed by atoms with Crippen LogP contribution < -0.4 is 14.8 Å². The molecule has 0 bridgehead atoms. The van der Waals surface area contributed by atoms with Gasteiger partial charge in [-0.2, -0.15) is 13.2 Å². The van der Waals surface area contributed by atoms with Gasteiger partial charge in [0.2, 0.25) is 0 Å². The summed E-state index contributed by atoms with van der Waals surface area (Å²) in [5.74, 6) is -0.153. The van der Waals surface area contributed by atoms with Gasteiger partial charge in [0, 0.05) is 6.54 Å². The van der Waals surface area contributed by atoms with Gasteiger partial charge in [0.25, 0.3) is 5.91 Å². The summed E-state index contributed by atoms with van der Waals surface area (Å²) in [5, 5.41) is 12.8. The van der Waals surface area contributed by atoms with Crippen LogP contribution in [0.2, 0.25) is 5.02 Å². The van der Waals surface area contributed by atoms with Crippen molar-refractivity contribution < 1.29 is 32.5 Å². The molecule has 0 heterocycles. The zero-order valence-corrected chi connectivity index (χ0v) is 16.6. The number of carbonyl (C=O) groups is 1. The van der Waals surface area contributed by atoms with Crippen molar-refractivity contribution in [2.45, 2.75) is 32.2 Å². The highest BCUT2D eigenvalue weighted by Gasteiger charge is 2.30. The first-order valence-electron chi connectivity index (χ1n) is 8.75. The van der Waals surface area contributed by atoms with Gasteiger partial charge in [-0.3, -0.25) is 4.79 Å². The van der Waals surface area contributed by atoms with Crippen molar-refractivity contribution in [3.05, 3.63) is 58.6 Å². The number of hydrogen-bond acceptors (Lipinski definition) is 4. The maximum atomic E-state index is 12.7. The minimum atomic E-state index is -4.48. The summed E-state index contributed by atoms with van der Waals surface area (Å²) in [7, 11) is 0. The zero-order chi connectivity index (χ0) is 21.6. The fraction of sp³-hybridized carbons (Fsp3) is 0.350. The maximum Gasteiger partial charge on any atom is 0.416 e. The van der Waals surface area contributed by atoms with Gasteiger partial charge in [-0.05, 0) is 49.7 Å². The van der Waals surface area contributed by atoms with Crippen molar-refractivity contribution in [2.24, 2.45) is 0 Å². The van der Waals surface area contributed by atoms with E-state index in [0.29, 0.717) is 10.8 Å². The van der Waals surface area contributed by atoms with E-state index in [-0.39, 0.29) is 18.9 Å². The topological polar surface area (TPSA) is 67.8 Å². The van der Waals surface area contributed by atoms with Crippen molar-refractivity contribution >= 4 is 17.5 Å². The number of aliphatic hydroxyl groups excluding tert-OH is 1. The van der Waals surface area contributed by atoms with Crippen molar-refractivity contribution in [3.63, 3.8) is 0 Å². The van der Waals surface area contributed by atoms with E-state index < -0.39 is 29.9 Å². The van der Waals surface area contributed by atoms with E-state index in [4.69, 9.17) is 21.1 Å². The molecule has 0 aliphatic rings. The normalized spacial score (nSPS) is 13.5. The Labute approximate surface area is 171 Å². The predicted octanol–water partition coefficient (Wildman–Crippen LogP) is 3.99. The van der Waals surface area contributed by atoms with Crippen LogP contribution in [0.15, 0.2) is 42.5 Å². The first-order valence-corrected chi connectivity index (χ1v) is 9.12. The Hall–Kier alpha value is -2.45. The molecule has 2 atom stereocenters. The number of halogens is 4. The molecule has 2 N–H and O–H groups in total. The number of hydrogen-bond donors (Lipinski definition) is 2. The second-order valence-electron chi connectivity index (χ2n) is 6.43. The molecule has 0 aliphatic heterocycles. The van der Waals surface area contributed by atoms with E-state index in [1.54, 1.807) is 18.2 Å². The van der Waals surface area contributed by atoms with Gasteiger partial charge >= 0.3 is 6.18 Å². The van der Waals surface area contributed by atoms with Crippen molar-refractivity contribution in [2.75, 3.05) is 13.2 Å². The highest BCUT2D eigenvalue weighted by molar-refractivity contribution is 6.32. The molecule has 0 spiro atoms. The van der Waals surface area contributed by atoms with Gasteiger partial charge in [-0.1, -0.05) is 23.7 Å². The minimum Gasteiger partial charge on any atom is -0.491 e. The number of rotatable bonds is 8. The van der Waals surface area contributed by atoms with E-state index in [2.05, 4.69) is 5.32 Å². The lowest BCUT2D eigenvalue weighted by molar-refractivity contribution is -0.137. The highest BCUT2D eigenvalue weighted by Crippen LogP contribution is 2.31. The molecule has 0 aliphatic carbocycles. The Balaban J connectivity index is 1.80. The molecule has 0 fully saturated rings. The monoisotopic (exact) mass is 431 g/mol. The van der Waals surface area contributed by atoms with Gasteiger partial charge < -0.3 is 19.9 Å². The van der Waals surface area contributed by atoms with Crippen LogP contribution in [0, 0.1) is 6.92 Å². The Kier molecular flexibility index (Phi) is 7.75. The molecule has 0 saturated heterocycles. The quantitative estimate of drug-likeness (QED) is 0.663. The lowest BCUT2D eigenvalue weighted by Crippen LogP contribution is -2.41. The summed E-state index contributed by atoms with van der Waals surface area (Å²) >= 11 is 6.03. The molecule has 2 rings (SSSR count). The fourth-order valence-electron chi connectivity index (χ4n) is 2.32. The molecule has 0 aromatic heterocycles. The summed E-state index contributed by atoms with van der Waals surface area (Å²) in [6.07, 6.45) is -6.48. The molecule has 9 heteroatoms. The molecule has 2 unspecified atom stereocenters. The average Bonchev–Trinajstić information content (AvgIpc) is 2.66. The van der Waals surface area contributed by atoms with Crippen LogP contribution in [0.3, 0.4) is 0 Å². The van der Waals surface area contributed by atoms with Crippen LogP contribution in [-0.4, -0.2) is 36.4 Å². The number of benzene rings is 2. The molecular weight excluding hydrogens is 411 g/mol. The van der Waals surface area contributed by atoms with Crippen LogP contribution in [0.25, 0.3) is 0 Å². The Morgan fingerprint density at radius 3 is 2.66 bits per heavy atom. The van der Waals surface area contributed by atoms with Crippen molar-refractivity contribution in [3.8, 4) is 11.5 Å². The van der Waals surface area contributed by atoms with Gasteiger partial charge in [0.15, 0.2) is 6.10 Å². The van der Waals surface area contributed by atoms with Crippen LogP contribution in [0.1, 0.15) is 18.1 Å². The smallest absolute Gasteiger partial charge is 0.416 e. The second-order valence-corrected chi connectivity index (χ2v) is 6.84. The van der Waals surface area contributed by atoms with Gasteiger partial charge in [-0.25, -0.2) is 0 Å². The Bertz CT molecular complexity index is 845. The van der Waals surface area contributed by atoms with Crippen LogP contribution in [-0.2, 0) is 11.0 Å². The largest absolute Gasteiger partial charge is 0.491 e. The third-order valence-electron chi connectivity index (χ3n) is 3.88. The number of aliphatic hydroxyl groups is 1. The number of aryl methyl sites for hydroxylation is 1. The number of amides is 1. The lowest BCUT2D eigenvalue weighted by atomic mass is 10.2. The van der Waals surface area contributed by atoms with E-state index in [9.17, 15) is 23.1 Å². The minimum absolute atomic E-state index is 0.0315. The maximum absolute atomic E-state index is 12.7. The molecule has 158 valence electrons. The first-order chi connectivity index (χ1) is 13.6. The van der Waals surface area contributed by atoms with Gasteiger partial charge in [-0.15, -0.1) is 0 Å². The lowest BCUT2D eigenvalue weighted by Gasteiger charge is -2.18. The van der Waals surface area contributed by atoms with Crippen molar-refractivity contribution in [1.29, 1.82) is 0 Å². The Morgan fingerprint density at radius 1 is 1.24 bits per heavy atom. The summed E-state index contributed by atoms with van der Waals surface area (Å²) in [6.45, 7) is 2.93. The second kappa shape index (κ2) is 9.84. The standard InChI is InChI=1S/C20H21ClF3NO4/c1-12-6-7-17(21)18(8-12)29-13(2)19(27)25-10-15(26)11-28-16-5-3-4-14(9-16)20(22,23)24/h3-9,13,15,26H,10-11H2,1-2H3,(H,25,27). The summed E-state index contributed by atoms with van der Waals surface area (Å²) in [6, 6.07) is 9.48. The molecule has 2 aromatic carbocycles.